The summed E-state index contributed by atoms with van der Waals surface area (Å²) in [5, 5.41) is 2.06. The Balaban J connectivity index is 1.91. The zero-order chi connectivity index (χ0) is 21.3. The van der Waals surface area contributed by atoms with Gasteiger partial charge in [-0.3, -0.25) is 9.59 Å². The van der Waals surface area contributed by atoms with Crippen LogP contribution in [0.4, 0.5) is 24.5 Å². The maximum atomic E-state index is 13.0. The second kappa shape index (κ2) is 7.96. The molecule has 0 bridgehead atoms. The number of nitrogens with one attached hydrogen (secondary N) is 1. The van der Waals surface area contributed by atoms with Gasteiger partial charge in [0.1, 0.15) is 16.5 Å². The van der Waals surface area contributed by atoms with E-state index in [1.165, 1.54) is 0 Å². The molecule has 152 valence electrons. The number of rotatable bonds is 5. The first-order chi connectivity index (χ1) is 13.6. The summed E-state index contributed by atoms with van der Waals surface area (Å²) in [5.74, 6) is -1.30. The van der Waals surface area contributed by atoms with Crippen LogP contribution in [0.1, 0.15) is 12.5 Å². The molecule has 2 aromatic rings. The number of halogens is 5. The first-order valence-electron chi connectivity index (χ1n) is 8.28. The Bertz CT molecular complexity index is 1000. The van der Waals surface area contributed by atoms with Crippen molar-refractivity contribution in [3.8, 4) is 5.75 Å². The fourth-order valence-corrected chi connectivity index (χ4v) is 3.05. The third kappa shape index (κ3) is 4.18. The standard InChI is InChI=1S/C19H13Cl2F3N2O3/c1-2-29-12-6-4-11(5-7-12)25-16-15(21)17(27)26(18(16)28)14-9-10(19(22,23)24)3-8-13(14)20/h3-9,25H,2H2,1H3. The van der Waals surface area contributed by atoms with Gasteiger partial charge in [0.05, 0.1) is 22.9 Å². The number of benzene rings is 2. The first-order valence-corrected chi connectivity index (χ1v) is 9.04. The summed E-state index contributed by atoms with van der Waals surface area (Å²) in [6.45, 7) is 2.30. The lowest BCUT2D eigenvalue weighted by Gasteiger charge is -2.18. The Morgan fingerprint density at radius 3 is 2.28 bits per heavy atom. The molecule has 0 spiro atoms. The van der Waals surface area contributed by atoms with Gasteiger partial charge in [-0.05, 0) is 49.4 Å². The molecule has 0 fully saturated rings. The SMILES string of the molecule is CCOc1ccc(NC2=C(Cl)C(=O)N(c3cc(C(F)(F)F)ccc3Cl)C2=O)cc1. The molecule has 0 radical (unpaired) electrons. The van der Waals surface area contributed by atoms with Crippen LogP contribution in [0.5, 0.6) is 5.75 Å². The van der Waals surface area contributed by atoms with Crippen LogP contribution in [0.2, 0.25) is 5.02 Å². The van der Waals surface area contributed by atoms with Gasteiger partial charge in [-0.25, -0.2) is 4.90 Å². The second-order valence-electron chi connectivity index (χ2n) is 5.88. The van der Waals surface area contributed by atoms with Crippen LogP contribution in [0.25, 0.3) is 0 Å². The lowest BCUT2D eigenvalue weighted by molar-refractivity contribution is -0.137. The number of nitrogens with zero attached hydrogens (tertiary/aromatic N) is 1. The Labute approximate surface area is 173 Å². The van der Waals surface area contributed by atoms with Gasteiger partial charge in [-0.1, -0.05) is 23.2 Å². The molecule has 10 heteroatoms. The fourth-order valence-electron chi connectivity index (χ4n) is 2.64. The van der Waals surface area contributed by atoms with Gasteiger partial charge < -0.3 is 10.1 Å². The van der Waals surface area contributed by atoms with E-state index in [-0.39, 0.29) is 10.7 Å². The van der Waals surface area contributed by atoms with Gasteiger partial charge in [0, 0.05) is 5.69 Å². The van der Waals surface area contributed by atoms with E-state index >= 15 is 0 Å². The molecule has 1 N–H and O–H groups in total. The molecule has 2 aromatic carbocycles. The van der Waals surface area contributed by atoms with E-state index in [9.17, 15) is 22.8 Å². The Kier molecular flexibility index (Phi) is 5.77. The third-order valence-electron chi connectivity index (χ3n) is 3.98. The summed E-state index contributed by atoms with van der Waals surface area (Å²) in [4.78, 5) is 25.7. The quantitative estimate of drug-likeness (QED) is 0.644. The maximum absolute atomic E-state index is 13.0. The molecule has 0 unspecified atom stereocenters. The first kappa shape index (κ1) is 21.0. The van der Waals surface area contributed by atoms with E-state index in [1.807, 2.05) is 6.92 Å². The van der Waals surface area contributed by atoms with Crippen LogP contribution in [-0.2, 0) is 15.8 Å². The molecule has 2 amide bonds. The predicted molar refractivity (Wildman–Crippen MR) is 103 cm³/mol. The average Bonchev–Trinajstić information content (AvgIpc) is 2.86. The van der Waals surface area contributed by atoms with Crippen LogP contribution >= 0.6 is 23.2 Å². The van der Waals surface area contributed by atoms with Crippen LogP contribution in [0.3, 0.4) is 0 Å². The van der Waals surface area contributed by atoms with Crippen molar-refractivity contribution in [2.24, 2.45) is 0 Å². The van der Waals surface area contributed by atoms with Crippen molar-refractivity contribution in [2.45, 2.75) is 13.1 Å². The molecular weight excluding hydrogens is 432 g/mol. The number of ether oxygens (including phenoxy) is 1. The Morgan fingerprint density at radius 2 is 1.69 bits per heavy atom. The molecule has 0 atom stereocenters. The summed E-state index contributed by atoms with van der Waals surface area (Å²) in [6, 6.07) is 8.82. The summed E-state index contributed by atoms with van der Waals surface area (Å²) in [5.41, 5.74) is -1.30. The van der Waals surface area contributed by atoms with Crippen LogP contribution < -0.4 is 15.0 Å². The van der Waals surface area contributed by atoms with E-state index in [2.05, 4.69) is 5.32 Å². The second-order valence-corrected chi connectivity index (χ2v) is 6.67. The van der Waals surface area contributed by atoms with Crippen molar-refractivity contribution < 1.29 is 27.5 Å². The minimum Gasteiger partial charge on any atom is -0.494 e. The van der Waals surface area contributed by atoms with Crippen molar-refractivity contribution in [3.63, 3.8) is 0 Å². The molecule has 1 aliphatic rings. The average molecular weight is 445 g/mol. The molecule has 5 nitrogen and oxygen atoms in total. The number of anilines is 2. The molecule has 0 aromatic heterocycles. The van der Waals surface area contributed by atoms with E-state index in [1.54, 1.807) is 24.3 Å². The number of alkyl halides is 3. The Hall–Kier alpha value is -2.71. The van der Waals surface area contributed by atoms with Gasteiger partial charge in [-0.15, -0.1) is 0 Å². The normalized spacial score (nSPS) is 14.6. The van der Waals surface area contributed by atoms with Gasteiger partial charge in [0.15, 0.2) is 0 Å². The summed E-state index contributed by atoms with van der Waals surface area (Å²) in [6.07, 6.45) is -4.67. The van der Waals surface area contributed by atoms with Crippen LogP contribution in [-0.4, -0.2) is 18.4 Å². The van der Waals surface area contributed by atoms with E-state index in [0.29, 0.717) is 29.0 Å². The van der Waals surface area contributed by atoms with Gasteiger partial charge in [-0.2, -0.15) is 13.2 Å². The van der Waals surface area contributed by atoms with Gasteiger partial charge in [0.25, 0.3) is 11.8 Å². The zero-order valence-corrected chi connectivity index (χ0v) is 16.3. The van der Waals surface area contributed by atoms with Gasteiger partial charge >= 0.3 is 6.18 Å². The largest absolute Gasteiger partial charge is 0.494 e. The number of hydrogen-bond donors (Lipinski definition) is 1. The lowest BCUT2D eigenvalue weighted by atomic mass is 10.2. The highest BCUT2D eigenvalue weighted by atomic mass is 35.5. The highest BCUT2D eigenvalue weighted by molar-refractivity contribution is 6.53. The van der Waals surface area contributed by atoms with Crippen molar-refractivity contribution in [1.29, 1.82) is 0 Å². The van der Waals surface area contributed by atoms with Crippen LogP contribution in [0, 0.1) is 0 Å². The number of carbonyl (C=O) groups is 2. The molecule has 0 saturated heterocycles. The van der Waals surface area contributed by atoms with Crippen molar-refractivity contribution in [2.75, 3.05) is 16.8 Å². The lowest BCUT2D eigenvalue weighted by Crippen LogP contribution is -2.32. The zero-order valence-electron chi connectivity index (χ0n) is 14.8. The van der Waals surface area contributed by atoms with E-state index in [0.717, 1.165) is 12.1 Å². The smallest absolute Gasteiger partial charge is 0.416 e. The molecule has 3 rings (SSSR count). The molecule has 1 aliphatic heterocycles. The molecule has 0 aliphatic carbocycles. The van der Waals surface area contributed by atoms with E-state index < -0.39 is 34.3 Å². The molecule has 1 heterocycles. The molecule has 29 heavy (non-hydrogen) atoms. The van der Waals surface area contributed by atoms with Crippen molar-refractivity contribution in [1.82, 2.24) is 0 Å². The predicted octanol–water partition coefficient (Wildman–Crippen LogP) is 5.19. The highest BCUT2D eigenvalue weighted by Crippen LogP contribution is 2.38. The number of imide groups is 1. The third-order valence-corrected chi connectivity index (χ3v) is 4.65. The summed E-state index contributed by atoms with van der Waals surface area (Å²) < 4.78 is 44.4. The van der Waals surface area contributed by atoms with Crippen molar-refractivity contribution >= 4 is 46.4 Å². The van der Waals surface area contributed by atoms with Gasteiger partial charge in [0.2, 0.25) is 0 Å². The monoisotopic (exact) mass is 444 g/mol. The van der Waals surface area contributed by atoms with Crippen LogP contribution in [0.15, 0.2) is 53.2 Å². The number of amides is 2. The number of hydrogen-bond acceptors (Lipinski definition) is 4. The molecule has 0 saturated carbocycles. The van der Waals surface area contributed by atoms with Crippen molar-refractivity contribution in [3.05, 3.63) is 63.8 Å². The summed E-state index contributed by atoms with van der Waals surface area (Å²) >= 11 is 11.9. The minimum atomic E-state index is -4.67. The Morgan fingerprint density at radius 1 is 1.03 bits per heavy atom. The topological polar surface area (TPSA) is 58.6 Å². The highest BCUT2D eigenvalue weighted by Gasteiger charge is 2.41. The summed E-state index contributed by atoms with van der Waals surface area (Å²) in [7, 11) is 0. The fraction of sp³-hybridized carbons (Fsp3) is 0.158. The molecular formula is C19H13Cl2F3N2O3. The maximum Gasteiger partial charge on any atom is 0.416 e. The van der Waals surface area contributed by atoms with E-state index in [4.69, 9.17) is 27.9 Å². The number of carbonyl (C=O) groups excluding carboxylic acids is 2. The minimum absolute atomic E-state index is 0.202.